The number of hydrogen-bond donors (Lipinski definition) is 0. The molecule has 62 valence electrons. The summed E-state index contributed by atoms with van der Waals surface area (Å²) >= 11 is 0. The van der Waals surface area contributed by atoms with Gasteiger partial charge in [-0.15, -0.1) is 0 Å². The molecule has 0 aliphatic rings. The van der Waals surface area contributed by atoms with Gasteiger partial charge >= 0.3 is 5.97 Å². The molecule has 3 nitrogen and oxygen atoms in total. The Morgan fingerprint density at radius 3 is 3.08 bits per heavy atom. The normalized spacial score (nSPS) is 10.0. The lowest BCUT2D eigenvalue weighted by Gasteiger charge is -1.88. The molecule has 0 saturated carbocycles. The third kappa shape index (κ3) is 2.46. The SMILES string of the molecule is C=COC(=O)/C=C/c1ccco1. The molecule has 3 heteroatoms. The maximum atomic E-state index is 10.7. The summed E-state index contributed by atoms with van der Waals surface area (Å²) in [5, 5.41) is 0. The molecule has 0 N–H and O–H groups in total. The molecule has 0 radical (unpaired) electrons. The van der Waals surface area contributed by atoms with Crippen molar-refractivity contribution in [3.8, 4) is 0 Å². The van der Waals surface area contributed by atoms with E-state index in [2.05, 4.69) is 11.3 Å². The Balaban J connectivity index is 2.50. The van der Waals surface area contributed by atoms with Crippen molar-refractivity contribution < 1.29 is 13.9 Å². The van der Waals surface area contributed by atoms with Crippen molar-refractivity contribution in [2.24, 2.45) is 0 Å². The van der Waals surface area contributed by atoms with Crippen LogP contribution in [-0.4, -0.2) is 5.97 Å². The van der Waals surface area contributed by atoms with Crippen LogP contribution in [0.4, 0.5) is 0 Å². The summed E-state index contributed by atoms with van der Waals surface area (Å²) in [6, 6.07) is 3.47. The third-order valence-corrected chi connectivity index (χ3v) is 1.13. The Hall–Kier alpha value is -1.77. The maximum Gasteiger partial charge on any atom is 0.335 e. The van der Waals surface area contributed by atoms with Crippen LogP contribution >= 0.6 is 0 Å². The van der Waals surface area contributed by atoms with E-state index in [1.807, 2.05) is 0 Å². The first-order chi connectivity index (χ1) is 5.83. The Labute approximate surface area is 69.9 Å². The van der Waals surface area contributed by atoms with Gasteiger partial charge in [0.15, 0.2) is 0 Å². The van der Waals surface area contributed by atoms with Gasteiger partial charge in [0.1, 0.15) is 5.76 Å². The summed E-state index contributed by atoms with van der Waals surface area (Å²) in [6.45, 7) is 3.25. The fraction of sp³-hybridized carbons (Fsp3) is 0. The van der Waals surface area contributed by atoms with Gasteiger partial charge in [0.05, 0.1) is 12.5 Å². The van der Waals surface area contributed by atoms with Gasteiger partial charge in [-0.25, -0.2) is 4.79 Å². The zero-order valence-electron chi connectivity index (χ0n) is 6.40. The van der Waals surface area contributed by atoms with Crippen molar-refractivity contribution in [3.63, 3.8) is 0 Å². The topological polar surface area (TPSA) is 39.4 Å². The first-order valence-corrected chi connectivity index (χ1v) is 3.36. The standard InChI is InChI=1S/C9H8O3/c1-2-11-9(10)6-5-8-4-3-7-12-8/h2-7H,1H2/b6-5+. The largest absolute Gasteiger partial charge is 0.465 e. The van der Waals surface area contributed by atoms with Gasteiger partial charge in [-0.05, 0) is 18.2 Å². The first kappa shape index (κ1) is 8.33. The molecule has 0 atom stereocenters. The lowest BCUT2D eigenvalue weighted by atomic mass is 10.4. The summed E-state index contributed by atoms with van der Waals surface area (Å²) in [7, 11) is 0. The highest BCUT2D eigenvalue weighted by molar-refractivity contribution is 5.86. The van der Waals surface area contributed by atoms with E-state index in [0.717, 1.165) is 6.26 Å². The molecule has 0 fully saturated rings. The smallest absolute Gasteiger partial charge is 0.335 e. The summed E-state index contributed by atoms with van der Waals surface area (Å²) in [5.41, 5.74) is 0. The fourth-order valence-corrected chi connectivity index (χ4v) is 0.658. The molecular formula is C9H8O3. The second-order valence-corrected chi connectivity index (χ2v) is 1.95. The van der Waals surface area contributed by atoms with E-state index in [0.29, 0.717) is 5.76 Å². The predicted octanol–water partition coefficient (Wildman–Crippen LogP) is 1.98. The quantitative estimate of drug-likeness (QED) is 0.389. The molecule has 0 saturated heterocycles. The number of esters is 1. The second-order valence-electron chi connectivity index (χ2n) is 1.95. The summed E-state index contributed by atoms with van der Waals surface area (Å²) in [5.74, 6) is 0.136. The van der Waals surface area contributed by atoms with Crippen molar-refractivity contribution in [1.82, 2.24) is 0 Å². The number of carbonyl (C=O) groups excluding carboxylic acids is 1. The van der Waals surface area contributed by atoms with Crippen LogP contribution in [0.2, 0.25) is 0 Å². The van der Waals surface area contributed by atoms with Gasteiger partial charge in [0.2, 0.25) is 0 Å². The summed E-state index contributed by atoms with van der Waals surface area (Å²) < 4.78 is 9.38. The average Bonchev–Trinajstić information content (AvgIpc) is 2.53. The van der Waals surface area contributed by atoms with Crippen LogP contribution in [0.3, 0.4) is 0 Å². The van der Waals surface area contributed by atoms with Crippen LogP contribution in [-0.2, 0) is 9.53 Å². The summed E-state index contributed by atoms with van der Waals surface area (Å²) in [6.07, 6.45) is 5.39. The molecule has 12 heavy (non-hydrogen) atoms. The monoisotopic (exact) mass is 164 g/mol. The first-order valence-electron chi connectivity index (χ1n) is 3.36. The Kier molecular flexibility index (Phi) is 2.90. The highest BCUT2D eigenvalue weighted by Gasteiger charge is 1.93. The van der Waals surface area contributed by atoms with E-state index in [4.69, 9.17) is 4.42 Å². The summed E-state index contributed by atoms with van der Waals surface area (Å²) in [4.78, 5) is 10.7. The minimum atomic E-state index is -0.471. The van der Waals surface area contributed by atoms with E-state index in [-0.39, 0.29) is 0 Å². The highest BCUT2D eigenvalue weighted by atomic mass is 16.5. The number of hydrogen-bond acceptors (Lipinski definition) is 3. The van der Waals surface area contributed by atoms with Crippen LogP contribution in [0.1, 0.15) is 5.76 Å². The van der Waals surface area contributed by atoms with Crippen molar-refractivity contribution in [2.45, 2.75) is 0 Å². The van der Waals surface area contributed by atoms with Crippen molar-refractivity contribution >= 4 is 12.0 Å². The van der Waals surface area contributed by atoms with Crippen molar-refractivity contribution in [2.75, 3.05) is 0 Å². The maximum absolute atomic E-state index is 10.7. The fourth-order valence-electron chi connectivity index (χ4n) is 0.658. The van der Waals surface area contributed by atoms with Gasteiger partial charge in [-0.3, -0.25) is 0 Å². The van der Waals surface area contributed by atoms with Crippen LogP contribution in [0.15, 0.2) is 41.7 Å². The van der Waals surface area contributed by atoms with E-state index < -0.39 is 5.97 Å². The molecule has 1 rings (SSSR count). The molecule has 0 aliphatic heterocycles. The third-order valence-electron chi connectivity index (χ3n) is 1.13. The van der Waals surface area contributed by atoms with E-state index in [1.54, 1.807) is 12.1 Å². The molecule has 0 spiro atoms. The van der Waals surface area contributed by atoms with E-state index in [9.17, 15) is 4.79 Å². The van der Waals surface area contributed by atoms with Gasteiger partial charge in [-0.1, -0.05) is 6.58 Å². The molecule has 0 aliphatic carbocycles. The van der Waals surface area contributed by atoms with Crippen LogP contribution < -0.4 is 0 Å². The minimum absolute atomic E-state index is 0.471. The lowest BCUT2D eigenvalue weighted by Crippen LogP contribution is -1.91. The molecule has 1 heterocycles. The van der Waals surface area contributed by atoms with Crippen LogP contribution in [0.25, 0.3) is 6.08 Å². The van der Waals surface area contributed by atoms with Crippen LogP contribution in [0.5, 0.6) is 0 Å². The zero-order chi connectivity index (χ0) is 8.81. The molecule has 0 bridgehead atoms. The average molecular weight is 164 g/mol. The number of carbonyl (C=O) groups is 1. The van der Waals surface area contributed by atoms with E-state index in [1.165, 1.54) is 18.4 Å². The van der Waals surface area contributed by atoms with Crippen molar-refractivity contribution in [3.05, 3.63) is 43.1 Å². The van der Waals surface area contributed by atoms with E-state index >= 15 is 0 Å². The molecule has 0 amide bonds. The van der Waals surface area contributed by atoms with Gasteiger partial charge in [0, 0.05) is 6.08 Å². The van der Waals surface area contributed by atoms with Crippen molar-refractivity contribution in [1.29, 1.82) is 0 Å². The molecule has 0 unspecified atom stereocenters. The number of ether oxygens (including phenoxy) is 1. The van der Waals surface area contributed by atoms with Gasteiger partial charge < -0.3 is 9.15 Å². The zero-order valence-corrected chi connectivity index (χ0v) is 6.40. The Morgan fingerprint density at radius 1 is 1.67 bits per heavy atom. The molecule has 1 aromatic rings. The molecule has 0 aromatic carbocycles. The Bertz CT molecular complexity index is 283. The highest BCUT2D eigenvalue weighted by Crippen LogP contribution is 2.01. The lowest BCUT2D eigenvalue weighted by molar-refractivity contribution is -0.132. The molecular weight excluding hydrogens is 156 g/mol. The molecule has 1 aromatic heterocycles. The predicted molar refractivity (Wildman–Crippen MR) is 44.0 cm³/mol. The number of rotatable bonds is 3. The van der Waals surface area contributed by atoms with Gasteiger partial charge in [0.25, 0.3) is 0 Å². The van der Waals surface area contributed by atoms with Crippen LogP contribution in [0, 0.1) is 0 Å². The minimum Gasteiger partial charge on any atom is -0.465 e. The van der Waals surface area contributed by atoms with Gasteiger partial charge in [-0.2, -0.15) is 0 Å². The Morgan fingerprint density at radius 2 is 2.50 bits per heavy atom. The number of furan rings is 1. The second kappa shape index (κ2) is 4.18.